The van der Waals surface area contributed by atoms with Crippen molar-refractivity contribution in [3.8, 4) is 11.4 Å². The molecule has 13 rings (SSSR count). The third kappa shape index (κ3) is 3.42. The van der Waals surface area contributed by atoms with Gasteiger partial charge in [-0.1, -0.05) is 103 Å². The second kappa shape index (κ2) is 9.87. The number of anilines is 3. The fourth-order valence-electron chi connectivity index (χ4n) is 9.84. The molecule has 0 atom stereocenters. The summed E-state index contributed by atoms with van der Waals surface area (Å²) < 4.78 is 11.7. The van der Waals surface area contributed by atoms with E-state index in [1.165, 1.54) is 77.1 Å². The SMILES string of the molecule is c1ccc(N2c3ccc(-n4c5ccccc5c5ccccc54)cc3B3c4c2cccc4-n2c4ccccc4c4c5oc6ccccc6c5cc3c42)cc1. The van der Waals surface area contributed by atoms with Crippen molar-refractivity contribution in [2.24, 2.45) is 0 Å². The summed E-state index contributed by atoms with van der Waals surface area (Å²) in [7, 11) is 0. The van der Waals surface area contributed by atoms with E-state index in [2.05, 4.69) is 184 Å². The van der Waals surface area contributed by atoms with Gasteiger partial charge < -0.3 is 18.5 Å². The van der Waals surface area contributed by atoms with Crippen LogP contribution in [0.25, 0.3) is 76.9 Å². The van der Waals surface area contributed by atoms with E-state index in [1.54, 1.807) is 0 Å². The fraction of sp³-hybridized carbons (Fsp3) is 0. The molecule has 2 aliphatic rings. The largest absolute Gasteiger partial charge is 0.455 e. The summed E-state index contributed by atoms with van der Waals surface area (Å²) in [5, 5.41) is 7.24. The predicted octanol–water partition coefficient (Wildman–Crippen LogP) is 10.4. The van der Waals surface area contributed by atoms with Gasteiger partial charge in [0.15, 0.2) is 0 Å². The highest BCUT2D eigenvalue weighted by atomic mass is 16.3. The lowest BCUT2D eigenvalue weighted by atomic mass is 9.33. The first-order valence-electron chi connectivity index (χ1n) is 18.3. The van der Waals surface area contributed by atoms with Crippen LogP contribution in [0.15, 0.2) is 174 Å². The summed E-state index contributed by atoms with van der Waals surface area (Å²) in [4.78, 5) is 2.47. The van der Waals surface area contributed by atoms with E-state index in [9.17, 15) is 0 Å². The van der Waals surface area contributed by atoms with Crippen LogP contribution in [0.2, 0.25) is 0 Å². The maximum absolute atomic E-state index is 6.77. The summed E-state index contributed by atoms with van der Waals surface area (Å²) in [5.74, 6) is 0. The van der Waals surface area contributed by atoms with E-state index in [4.69, 9.17) is 4.42 Å². The van der Waals surface area contributed by atoms with Crippen molar-refractivity contribution in [1.29, 1.82) is 0 Å². The molecular weight excluding hydrogens is 645 g/mol. The Balaban J connectivity index is 1.21. The van der Waals surface area contributed by atoms with Gasteiger partial charge in [0.2, 0.25) is 0 Å². The number of hydrogen-bond donors (Lipinski definition) is 0. The lowest BCUT2D eigenvalue weighted by molar-refractivity contribution is 0.673. The monoisotopic (exact) mass is 673 g/mol. The van der Waals surface area contributed by atoms with Gasteiger partial charge in [0.05, 0.1) is 27.5 Å². The first-order valence-corrected chi connectivity index (χ1v) is 18.3. The van der Waals surface area contributed by atoms with Crippen molar-refractivity contribution < 1.29 is 4.42 Å². The highest BCUT2D eigenvalue weighted by molar-refractivity contribution is 7.00. The Morgan fingerprint density at radius 1 is 0.415 bits per heavy atom. The molecule has 0 N–H and O–H groups in total. The zero-order valence-corrected chi connectivity index (χ0v) is 28.5. The maximum atomic E-state index is 6.77. The van der Waals surface area contributed by atoms with Gasteiger partial charge in [-0.2, -0.15) is 0 Å². The summed E-state index contributed by atoms with van der Waals surface area (Å²) >= 11 is 0. The molecule has 5 heteroatoms. The molecule has 4 nitrogen and oxygen atoms in total. The molecule has 0 unspecified atom stereocenters. The third-order valence-electron chi connectivity index (χ3n) is 11.9. The highest BCUT2D eigenvalue weighted by Gasteiger charge is 2.43. The molecule has 0 radical (unpaired) electrons. The Bertz CT molecular complexity index is 3320. The Hall–Kier alpha value is -6.98. The number of nitrogens with zero attached hydrogens (tertiary/aromatic N) is 3. The summed E-state index contributed by atoms with van der Waals surface area (Å²) in [6, 6.07) is 62.2. The topological polar surface area (TPSA) is 26.2 Å². The van der Waals surface area contributed by atoms with Gasteiger partial charge >= 0.3 is 0 Å². The van der Waals surface area contributed by atoms with E-state index in [0.717, 1.165) is 33.3 Å². The van der Waals surface area contributed by atoms with Gasteiger partial charge in [-0.25, -0.2) is 0 Å². The Morgan fingerprint density at radius 2 is 1.06 bits per heavy atom. The molecule has 0 aliphatic carbocycles. The van der Waals surface area contributed by atoms with Gasteiger partial charge in [-0.3, -0.25) is 0 Å². The molecule has 8 aromatic carbocycles. The van der Waals surface area contributed by atoms with Crippen molar-refractivity contribution in [3.05, 3.63) is 170 Å². The molecule has 0 amide bonds. The highest BCUT2D eigenvalue weighted by Crippen LogP contribution is 2.45. The molecule has 244 valence electrons. The van der Waals surface area contributed by atoms with Crippen molar-refractivity contribution in [2.45, 2.75) is 0 Å². The number of hydrogen-bond acceptors (Lipinski definition) is 2. The van der Waals surface area contributed by atoms with Crippen LogP contribution in [-0.4, -0.2) is 15.8 Å². The summed E-state index contributed by atoms with van der Waals surface area (Å²) in [5.41, 5.74) is 16.6. The molecule has 0 spiro atoms. The van der Waals surface area contributed by atoms with Crippen LogP contribution in [0.1, 0.15) is 0 Å². The molecule has 0 bridgehead atoms. The number of benzene rings is 8. The zero-order chi connectivity index (χ0) is 34.4. The fourth-order valence-corrected chi connectivity index (χ4v) is 9.84. The molecule has 3 aromatic heterocycles. The van der Waals surface area contributed by atoms with Crippen molar-refractivity contribution >= 4 is 106 Å². The minimum atomic E-state index is -0.0124. The Labute approximate surface area is 304 Å². The number of para-hydroxylation sites is 5. The normalized spacial score (nSPS) is 13.2. The van der Waals surface area contributed by atoms with Crippen LogP contribution < -0.4 is 21.3 Å². The quantitative estimate of drug-likeness (QED) is 0.171. The van der Waals surface area contributed by atoms with E-state index in [1.807, 2.05) is 0 Å². The Kier molecular flexibility index (Phi) is 5.16. The van der Waals surface area contributed by atoms with Crippen LogP contribution in [0.4, 0.5) is 17.1 Å². The van der Waals surface area contributed by atoms with E-state index in [0.29, 0.717) is 0 Å². The number of furan rings is 1. The van der Waals surface area contributed by atoms with Gasteiger partial charge in [0.1, 0.15) is 11.2 Å². The molecule has 0 saturated heterocycles. The first kappa shape index (κ1) is 27.7. The summed E-state index contributed by atoms with van der Waals surface area (Å²) in [6.45, 7) is -0.0124. The van der Waals surface area contributed by atoms with Gasteiger partial charge in [0, 0.05) is 55.4 Å². The molecule has 2 aliphatic heterocycles. The van der Waals surface area contributed by atoms with Gasteiger partial charge in [0.25, 0.3) is 6.71 Å². The maximum Gasteiger partial charge on any atom is 0.252 e. The minimum absolute atomic E-state index is 0.0124. The molecular formula is C48H28BN3O. The number of rotatable bonds is 2. The van der Waals surface area contributed by atoms with Crippen molar-refractivity contribution in [2.75, 3.05) is 4.90 Å². The molecule has 0 fully saturated rings. The van der Waals surface area contributed by atoms with E-state index < -0.39 is 0 Å². The van der Waals surface area contributed by atoms with Crippen LogP contribution >= 0.6 is 0 Å². The second-order valence-electron chi connectivity index (χ2n) is 14.4. The number of aromatic nitrogens is 2. The molecule has 5 heterocycles. The predicted molar refractivity (Wildman–Crippen MR) is 222 cm³/mol. The standard InChI is InChI=1S/C48H28BN3O/c1-2-13-29(14-3-1)50-41-26-25-30(51-38-19-8-4-15-31(38)32-16-5-9-20-39(32)51)27-36(41)49-37-28-35-33-17-7-11-24-44(33)53-48(35)45-34-18-6-10-21-40(34)52(47(37)45)43-23-12-22-42(50)46(43)49/h1-28H. The van der Waals surface area contributed by atoms with E-state index in [-0.39, 0.29) is 6.71 Å². The molecule has 53 heavy (non-hydrogen) atoms. The van der Waals surface area contributed by atoms with Crippen LogP contribution in [0.3, 0.4) is 0 Å². The van der Waals surface area contributed by atoms with Crippen LogP contribution in [0.5, 0.6) is 0 Å². The lowest BCUT2D eigenvalue weighted by Crippen LogP contribution is -2.60. The summed E-state index contributed by atoms with van der Waals surface area (Å²) in [6.07, 6.45) is 0. The van der Waals surface area contributed by atoms with Gasteiger partial charge in [-0.05, 0) is 83.1 Å². The average molecular weight is 674 g/mol. The third-order valence-corrected chi connectivity index (χ3v) is 11.9. The minimum Gasteiger partial charge on any atom is -0.455 e. The number of fused-ring (bicyclic) bond motifs is 14. The molecule has 0 saturated carbocycles. The Morgan fingerprint density at radius 3 is 1.83 bits per heavy atom. The van der Waals surface area contributed by atoms with Crippen molar-refractivity contribution in [3.63, 3.8) is 0 Å². The van der Waals surface area contributed by atoms with Gasteiger partial charge in [-0.15, -0.1) is 0 Å². The molecule has 11 aromatic rings. The van der Waals surface area contributed by atoms with Crippen molar-refractivity contribution in [1.82, 2.24) is 9.13 Å². The second-order valence-corrected chi connectivity index (χ2v) is 14.4. The first-order chi connectivity index (χ1) is 26.3. The smallest absolute Gasteiger partial charge is 0.252 e. The van der Waals surface area contributed by atoms with E-state index >= 15 is 0 Å². The average Bonchev–Trinajstić information content (AvgIpc) is 3.88. The van der Waals surface area contributed by atoms with Crippen LogP contribution in [0, 0.1) is 0 Å². The van der Waals surface area contributed by atoms with Crippen LogP contribution in [-0.2, 0) is 0 Å². The lowest BCUT2D eigenvalue weighted by Gasteiger charge is -2.40. The zero-order valence-electron chi connectivity index (χ0n) is 28.5.